The number of ether oxygens (including phenoxy) is 2. The average molecular weight is 322 g/mol. The molecule has 0 radical (unpaired) electrons. The van der Waals surface area contributed by atoms with Gasteiger partial charge < -0.3 is 19.5 Å². The van der Waals surface area contributed by atoms with Crippen molar-refractivity contribution in [2.75, 3.05) is 57.4 Å². The van der Waals surface area contributed by atoms with Gasteiger partial charge in [-0.3, -0.25) is 4.90 Å². The highest BCUT2D eigenvalue weighted by molar-refractivity contribution is 5.29. The molecular formula is C16H26N4O3. The van der Waals surface area contributed by atoms with Crippen LogP contribution in [0.3, 0.4) is 0 Å². The number of aliphatic hydroxyl groups is 1. The van der Waals surface area contributed by atoms with Gasteiger partial charge in [0.25, 0.3) is 0 Å². The normalized spacial score (nSPS) is 24.0. The Morgan fingerprint density at radius 2 is 2.04 bits per heavy atom. The molecule has 2 aliphatic heterocycles. The van der Waals surface area contributed by atoms with Gasteiger partial charge in [-0.05, 0) is 18.9 Å². The molecule has 3 rings (SSSR count). The predicted octanol–water partition coefficient (Wildman–Crippen LogP) is 0.155. The van der Waals surface area contributed by atoms with Gasteiger partial charge >= 0.3 is 0 Å². The minimum atomic E-state index is -0.448. The zero-order chi connectivity index (χ0) is 15.9. The van der Waals surface area contributed by atoms with Crippen LogP contribution in [-0.2, 0) is 9.47 Å². The third-order valence-electron chi connectivity index (χ3n) is 4.31. The summed E-state index contributed by atoms with van der Waals surface area (Å²) in [6.07, 6.45) is 5.49. The number of aromatic nitrogens is 2. The highest BCUT2D eigenvalue weighted by Crippen LogP contribution is 2.12. The number of aliphatic hydroxyl groups excluding tert-OH is 1. The van der Waals surface area contributed by atoms with Gasteiger partial charge in [-0.15, -0.1) is 0 Å². The first-order valence-electron chi connectivity index (χ1n) is 8.43. The van der Waals surface area contributed by atoms with Crippen molar-refractivity contribution in [1.29, 1.82) is 0 Å². The first-order chi connectivity index (χ1) is 11.3. The van der Waals surface area contributed by atoms with E-state index in [1.807, 2.05) is 6.07 Å². The fourth-order valence-corrected chi connectivity index (χ4v) is 3.05. The van der Waals surface area contributed by atoms with Crippen molar-refractivity contribution in [3.63, 3.8) is 0 Å². The van der Waals surface area contributed by atoms with Crippen LogP contribution in [0.4, 0.5) is 5.95 Å². The lowest BCUT2D eigenvalue weighted by molar-refractivity contribution is -0.0254. The Balaban J connectivity index is 1.32. The smallest absolute Gasteiger partial charge is 0.225 e. The standard InChI is InChI=1S/C16H26N4O3/c21-14(12-22-13-15-3-1-10-23-15)11-19-6-8-20(9-7-19)16-17-4-2-5-18-16/h2,4-5,14-15,21H,1,3,6-13H2. The molecular weight excluding hydrogens is 296 g/mol. The molecule has 1 N–H and O–H groups in total. The van der Waals surface area contributed by atoms with Crippen molar-refractivity contribution < 1.29 is 14.6 Å². The number of β-amino-alcohol motifs (C(OH)–C–C–N with tert-alkyl or cyclic N) is 1. The summed E-state index contributed by atoms with van der Waals surface area (Å²) in [6, 6.07) is 1.83. The average Bonchev–Trinajstić information content (AvgIpc) is 3.10. The van der Waals surface area contributed by atoms with Crippen molar-refractivity contribution in [3.05, 3.63) is 18.5 Å². The van der Waals surface area contributed by atoms with E-state index in [1.165, 1.54) is 0 Å². The van der Waals surface area contributed by atoms with Crippen molar-refractivity contribution in [1.82, 2.24) is 14.9 Å². The first-order valence-corrected chi connectivity index (χ1v) is 8.43. The Kier molecular flexibility index (Phi) is 6.15. The molecule has 2 unspecified atom stereocenters. The minimum absolute atomic E-state index is 0.219. The Morgan fingerprint density at radius 3 is 2.74 bits per heavy atom. The van der Waals surface area contributed by atoms with Gasteiger partial charge in [0.1, 0.15) is 0 Å². The second kappa shape index (κ2) is 8.54. The summed E-state index contributed by atoms with van der Waals surface area (Å²) in [7, 11) is 0. The predicted molar refractivity (Wildman–Crippen MR) is 86.5 cm³/mol. The van der Waals surface area contributed by atoms with Crippen LogP contribution in [0.1, 0.15) is 12.8 Å². The molecule has 23 heavy (non-hydrogen) atoms. The Hall–Kier alpha value is -1.28. The molecule has 7 nitrogen and oxygen atoms in total. The fourth-order valence-electron chi connectivity index (χ4n) is 3.05. The summed E-state index contributed by atoms with van der Waals surface area (Å²) in [4.78, 5) is 13.0. The Labute approximate surface area is 137 Å². The lowest BCUT2D eigenvalue weighted by Gasteiger charge is -2.35. The first kappa shape index (κ1) is 16.6. The maximum Gasteiger partial charge on any atom is 0.225 e. The largest absolute Gasteiger partial charge is 0.389 e. The third-order valence-corrected chi connectivity index (χ3v) is 4.31. The molecule has 0 aliphatic carbocycles. The van der Waals surface area contributed by atoms with Crippen molar-refractivity contribution in [2.24, 2.45) is 0 Å². The van der Waals surface area contributed by atoms with Crippen LogP contribution in [0.2, 0.25) is 0 Å². The molecule has 2 saturated heterocycles. The maximum atomic E-state index is 10.1. The summed E-state index contributed by atoms with van der Waals surface area (Å²) < 4.78 is 11.1. The molecule has 0 amide bonds. The van der Waals surface area contributed by atoms with E-state index in [-0.39, 0.29) is 6.10 Å². The van der Waals surface area contributed by atoms with Gasteiger partial charge in [0.15, 0.2) is 0 Å². The lowest BCUT2D eigenvalue weighted by Crippen LogP contribution is -2.49. The highest BCUT2D eigenvalue weighted by atomic mass is 16.5. The van der Waals surface area contributed by atoms with Gasteiger partial charge in [0.2, 0.25) is 5.95 Å². The Bertz CT molecular complexity index is 448. The van der Waals surface area contributed by atoms with E-state index in [0.717, 1.165) is 51.6 Å². The zero-order valence-corrected chi connectivity index (χ0v) is 13.5. The number of nitrogens with zero attached hydrogens (tertiary/aromatic N) is 4. The van der Waals surface area contributed by atoms with Crippen molar-refractivity contribution >= 4 is 5.95 Å². The number of anilines is 1. The molecule has 0 spiro atoms. The summed E-state index contributed by atoms with van der Waals surface area (Å²) in [5.74, 6) is 0.785. The molecule has 3 heterocycles. The molecule has 0 aromatic carbocycles. The minimum Gasteiger partial charge on any atom is -0.389 e. The van der Waals surface area contributed by atoms with Crippen molar-refractivity contribution in [3.8, 4) is 0 Å². The molecule has 7 heteroatoms. The monoisotopic (exact) mass is 322 g/mol. The number of hydrogen-bond donors (Lipinski definition) is 1. The summed E-state index contributed by atoms with van der Waals surface area (Å²) in [5.41, 5.74) is 0. The number of piperazine rings is 1. The van der Waals surface area contributed by atoms with E-state index in [0.29, 0.717) is 19.8 Å². The molecule has 128 valence electrons. The second-order valence-corrected chi connectivity index (χ2v) is 6.16. The van der Waals surface area contributed by atoms with E-state index in [2.05, 4.69) is 19.8 Å². The summed E-state index contributed by atoms with van der Waals surface area (Å²) in [6.45, 7) is 6.03. The zero-order valence-electron chi connectivity index (χ0n) is 13.5. The summed E-state index contributed by atoms with van der Waals surface area (Å²) in [5, 5.41) is 10.1. The van der Waals surface area contributed by atoms with Gasteiger partial charge in [0.05, 0.1) is 25.4 Å². The number of hydrogen-bond acceptors (Lipinski definition) is 7. The van der Waals surface area contributed by atoms with Gasteiger partial charge in [-0.2, -0.15) is 0 Å². The lowest BCUT2D eigenvalue weighted by atomic mass is 10.2. The molecule has 2 fully saturated rings. The van der Waals surface area contributed by atoms with Crippen LogP contribution in [0.15, 0.2) is 18.5 Å². The van der Waals surface area contributed by atoms with Crippen LogP contribution in [-0.4, -0.2) is 84.7 Å². The molecule has 2 atom stereocenters. The second-order valence-electron chi connectivity index (χ2n) is 6.16. The van der Waals surface area contributed by atoms with Crippen LogP contribution in [0.25, 0.3) is 0 Å². The SMILES string of the molecule is OC(COCC1CCCO1)CN1CCN(c2ncccn2)CC1. The topological polar surface area (TPSA) is 71.0 Å². The highest BCUT2D eigenvalue weighted by Gasteiger charge is 2.21. The van der Waals surface area contributed by atoms with Crippen LogP contribution in [0.5, 0.6) is 0 Å². The maximum absolute atomic E-state index is 10.1. The van der Waals surface area contributed by atoms with Gasteiger partial charge in [0, 0.05) is 51.7 Å². The molecule has 1 aromatic rings. The van der Waals surface area contributed by atoms with E-state index >= 15 is 0 Å². The van der Waals surface area contributed by atoms with E-state index in [9.17, 15) is 5.11 Å². The van der Waals surface area contributed by atoms with Gasteiger partial charge in [-0.1, -0.05) is 0 Å². The molecule has 2 aliphatic rings. The Morgan fingerprint density at radius 1 is 1.26 bits per heavy atom. The molecule has 1 aromatic heterocycles. The molecule has 0 saturated carbocycles. The van der Waals surface area contributed by atoms with Crippen LogP contribution in [0, 0.1) is 0 Å². The van der Waals surface area contributed by atoms with E-state index < -0.39 is 6.10 Å². The van der Waals surface area contributed by atoms with E-state index in [1.54, 1.807) is 12.4 Å². The van der Waals surface area contributed by atoms with E-state index in [4.69, 9.17) is 9.47 Å². The quantitative estimate of drug-likeness (QED) is 0.766. The third kappa shape index (κ3) is 5.10. The fraction of sp³-hybridized carbons (Fsp3) is 0.750. The summed E-state index contributed by atoms with van der Waals surface area (Å²) >= 11 is 0. The number of rotatable bonds is 7. The van der Waals surface area contributed by atoms with Crippen LogP contribution < -0.4 is 4.90 Å². The van der Waals surface area contributed by atoms with Gasteiger partial charge in [-0.25, -0.2) is 9.97 Å². The molecule has 0 bridgehead atoms. The van der Waals surface area contributed by atoms with Crippen LogP contribution >= 0.6 is 0 Å². The van der Waals surface area contributed by atoms with Crippen molar-refractivity contribution in [2.45, 2.75) is 25.0 Å².